The van der Waals surface area contributed by atoms with Crippen LogP contribution in [0.3, 0.4) is 0 Å². The lowest BCUT2D eigenvalue weighted by molar-refractivity contribution is -0.136. The molecule has 0 aliphatic carbocycles. The highest BCUT2D eigenvalue weighted by molar-refractivity contribution is 6.30. The van der Waals surface area contributed by atoms with Crippen LogP contribution < -0.4 is 5.32 Å². The first-order chi connectivity index (χ1) is 12.5. The van der Waals surface area contributed by atoms with Gasteiger partial charge in [-0.05, 0) is 47.0 Å². The van der Waals surface area contributed by atoms with E-state index in [1.54, 1.807) is 42.5 Å². The van der Waals surface area contributed by atoms with Gasteiger partial charge in [0.05, 0.1) is 6.42 Å². The summed E-state index contributed by atoms with van der Waals surface area (Å²) in [5, 5.41) is 12.3. The zero-order chi connectivity index (χ0) is 18.5. The molecule has 3 aromatic carbocycles. The molecule has 2 N–H and O–H groups in total. The van der Waals surface area contributed by atoms with Crippen LogP contribution in [0.2, 0.25) is 5.02 Å². The van der Waals surface area contributed by atoms with Gasteiger partial charge in [-0.3, -0.25) is 9.59 Å². The van der Waals surface area contributed by atoms with Gasteiger partial charge in [0.25, 0.3) is 5.91 Å². The van der Waals surface area contributed by atoms with Crippen molar-refractivity contribution in [3.63, 3.8) is 0 Å². The molecule has 4 nitrogen and oxygen atoms in total. The van der Waals surface area contributed by atoms with E-state index in [0.717, 1.165) is 11.1 Å². The van der Waals surface area contributed by atoms with E-state index in [1.807, 2.05) is 30.3 Å². The summed E-state index contributed by atoms with van der Waals surface area (Å²) in [7, 11) is 0. The van der Waals surface area contributed by atoms with Crippen LogP contribution in [0.4, 0.5) is 5.69 Å². The van der Waals surface area contributed by atoms with Crippen molar-refractivity contribution in [2.24, 2.45) is 0 Å². The van der Waals surface area contributed by atoms with Gasteiger partial charge in [-0.2, -0.15) is 0 Å². The minimum atomic E-state index is -0.890. The third kappa shape index (κ3) is 4.29. The number of anilines is 1. The summed E-state index contributed by atoms with van der Waals surface area (Å²) < 4.78 is 0. The van der Waals surface area contributed by atoms with Crippen LogP contribution in [0.5, 0.6) is 0 Å². The molecule has 1 amide bonds. The molecule has 3 rings (SSSR count). The van der Waals surface area contributed by atoms with Crippen LogP contribution in [0, 0.1) is 0 Å². The first kappa shape index (κ1) is 17.7. The molecule has 0 aromatic heterocycles. The normalized spacial score (nSPS) is 10.3. The molecule has 0 heterocycles. The van der Waals surface area contributed by atoms with Gasteiger partial charge in [0.1, 0.15) is 0 Å². The summed E-state index contributed by atoms with van der Waals surface area (Å²) in [5.41, 5.74) is 3.54. The monoisotopic (exact) mass is 365 g/mol. The molecule has 0 radical (unpaired) electrons. The predicted molar refractivity (Wildman–Crippen MR) is 103 cm³/mol. The van der Waals surface area contributed by atoms with Crippen molar-refractivity contribution < 1.29 is 14.7 Å². The molecule has 0 bridgehead atoms. The van der Waals surface area contributed by atoms with Crippen molar-refractivity contribution in [3.05, 3.63) is 88.9 Å². The van der Waals surface area contributed by atoms with Gasteiger partial charge in [0.15, 0.2) is 0 Å². The number of rotatable bonds is 5. The maximum absolute atomic E-state index is 12.7. The van der Waals surface area contributed by atoms with Crippen LogP contribution >= 0.6 is 11.6 Å². The molecule has 0 spiro atoms. The van der Waals surface area contributed by atoms with E-state index >= 15 is 0 Å². The minimum absolute atomic E-state index is 0.0480. The lowest BCUT2D eigenvalue weighted by atomic mass is 9.99. The van der Waals surface area contributed by atoms with Crippen molar-refractivity contribution in [2.45, 2.75) is 6.42 Å². The maximum Gasteiger partial charge on any atom is 0.307 e. The average molecular weight is 366 g/mol. The molecule has 26 heavy (non-hydrogen) atoms. The fraction of sp³-hybridized carbons (Fsp3) is 0.0476. The van der Waals surface area contributed by atoms with Gasteiger partial charge < -0.3 is 10.4 Å². The molecule has 130 valence electrons. The second kappa shape index (κ2) is 7.85. The van der Waals surface area contributed by atoms with Gasteiger partial charge in [-0.25, -0.2) is 0 Å². The van der Waals surface area contributed by atoms with Gasteiger partial charge >= 0.3 is 5.97 Å². The average Bonchev–Trinajstić information content (AvgIpc) is 2.63. The Labute approximate surface area is 156 Å². The highest BCUT2D eigenvalue weighted by atomic mass is 35.5. The number of hydrogen-bond donors (Lipinski definition) is 2. The van der Waals surface area contributed by atoms with Gasteiger partial charge in [-0.15, -0.1) is 0 Å². The molecule has 0 saturated heterocycles. The molecule has 0 unspecified atom stereocenters. The molecule has 0 aliphatic heterocycles. The van der Waals surface area contributed by atoms with Crippen LogP contribution in [0.25, 0.3) is 11.1 Å². The largest absolute Gasteiger partial charge is 0.481 e. The van der Waals surface area contributed by atoms with E-state index < -0.39 is 5.97 Å². The number of hydrogen-bond acceptors (Lipinski definition) is 2. The molecular formula is C21H16ClNO3. The lowest BCUT2D eigenvalue weighted by Gasteiger charge is -2.11. The van der Waals surface area contributed by atoms with Crippen LogP contribution in [-0.2, 0) is 11.2 Å². The Morgan fingerprint density at radius 1 is 0.885 bits per heavy atom. The van der Waals surface area contributed by atoms with E-state index in [0.29, 0.717) is 21.8 Å². The van der Waals surface area contributed by atoms with E-state index in [4.69, 9.17) is 16.7 Å². The highest BCUT2D eigenvalue weighted by Crippen LogP contribution is 2.26. The zero-order valence-corrected chi connectivity index (χ0v) is 14.5. The van der Waals surface area contributed by atoms with E-state index in [-0.39, 0.29) is 12.3 Å². The smallest absolute Gasteiger partial charge is 0.307 e. The summed E-state index contributed by atoms with van der Waals surface area (Å²) in [6.45, 7) is 0. The summed E-state index contributed by atoms with van der Waals surface area (Å²) >= 11 is 5.94. The zero-order valence-electron chi connectivity index (χ0n) is 13.8. The van der Waals surface area contributed by atoms with Crippen molar-refractivity contribution in [3.8, 4) is 11.1 Å². The van der Waals surface area contributed by atoms with Gasteiger partial charge in [0, 0.05) is 16.3 Å². The number of aliphatic carboxylic acids is 1. The SMILES string of the molecule is O=C(O)Cc1ccc(NC(=O)c2ccccc2-c2ccc(Cl)cc2)cc1. The molecule has 0 aliphatic rings. The Morgan fingerprint density at radius 2 is 1.54 bits per heavy atom. The maximum atomic E-state index is 12.7. The fourth-order valence-corrected chi connectivity index (χ4v) is 2.77. The van der Waals surface area contributed by atoms with Crippen molar-refractivity contribution >= 4 is 29.2 Å². The quantitative estimate of drug-likeness (QED) is 0.676. The van der Waals surface area contributed by atoms with Crippen LogP contribution in [0.1, 0.15) is 15.9 Å². The topological polar surface area (TPSA) is 66.4 Å². The van der Waals surface area contributed by atoms with E-state index in [2.05, 4.69) is 5.32 Å². The van der Waals surface area contributed by atoms with Gasteiger partial charge in [-0.1, -0.05) is 54.1 Å². The predicted octanol–water partition coefficient (Wildman–Crippen LogP) is 4.89. The standard InChI is InChI=1S/C21H16ClNO3/c22-16-9-7-15(8-10-16)18-3-1-2-4-19(18)21(26)23-17-11-5-14(6-12-17)13-20(24)25/h1-12H,13H2,(H,23,26)(H,24,25). The van der Waals surface area contributed by atoms with Crippen molar-refractivity contribution in [1.82, 2.24) is 0 Å². The highest BCUT2D eigenvalue weighted by Gasteiger charge is 2.13. The summed E-state index contributed by atoms with van der Waals surface area (Å²) in [6.07, 6.45) is -0.0480. The summed E-state index contributed by atoms with van der Waals surface area (Å²) in [5.74, 6) is -1.12. The number of halogens is 1. The van der Waals surface area contributed by atoms with Crippen LogP contribution in [-0.4, -0.2) is 17.0 Å². The van der Waals surface area contributed by atoms with Gasteiger partial charge in [0.2, 0.25) is 0 Å². The minimum Gasteiger partial charge on any atom is -0.481 e. The Kier molecular flexibility index (Phi) is 5.34. The Balaban J connectivity index is 1.82. The number of benzene rings is 3. The number of carbonyl (C=O) groups excluding carboxylic acids is 1. The van der Waals surface area contributed by atoms with Crippen molar-refractivity contribution in [2.75, 3.05) is 5.32 Å². The second-order valence-electron chi connectivity index (χ2n) is 5.77. The summed E-state index contributed by atoms with van der Waals surface area (Å²) in [6, 6.07) is 21.4. The Bertz CT molecular complexity index is 934. The first-order valence-corrected chi connectivity index (χ1v) is 8.38. The number of carboxylic acids is 1. The Hall–Kier alpha value is -3.11. The number of nitrogens with one attached hydrogen (secondary N) is 1. The third-order valence-corrected chi connectivity index (χ3v) is 4.15. The molecule has 0 fully saturated rings. The summed E-state index contributed by atoms with van der Waals surface area (Å²) in [4.78, 5) is 23.4. The molecule has 0 atom stereocenters. The molecule has 5 heteroatoms. The van der Waals surface area contributed by atoms with E-state index in [1.165, 1.54) is 0 Å². The first-order valence-electron chi connectivity index (χ1n) is 8.00. The molecule has 3 aromatic rings. The third-order valence-electron chi connectivity index (χ3n) is 3.89. The lowest BCUT2D eigenvalue weighted by Crippen LogP contribution is -2.13. The number of amides is 1. The Morgan fingerprint density at radius 3 is 2.19 bits per heavy atom. The van der Waals surface area contributed by atoms with Crippen LogP contribution in [0.15, 0.2) is 72.8 Å². The van der Waals surface area contributed by atoms with E-state index in [9.17, 15) is 9.59 Å². The number of carboxylic acid groups (broad SMARTS) is 1. The second-order valence-corrected chi connectivity index (χ2v) is 6.21. The number of carbonyl (C=O) groups is 2. The fourth-order valence-electron chi connectivity index (χ4n) is 2.64. The van der Waals surface area contributed by atoms with Crippen molar-refractivity contribution in [1.29, 1.82) is 0 Å². The molecule has 0 saturated carbocycles. The molecular weight excluding hydrogens is 350 g/mol.